The molecule has 0 aliphatic heterocycles. The van der Waals surface area contributed by atoms with Crippen molar-refractivity contribution >= 4 is 65.0 Å². The highest BCUT2D eigenvalue weighted by atomic mass is 16.3. The Morgan fingerprint density at radius 3 is 1.40 bits per heavy atom. The molecule has 0 atom stereocenters. The molecule has 0 amide bonds. The third kappa shape index (κ3) is 3.90. The molecule has 0 aliphatic rings. The molecule has 0 N–H and O–H groups in total. The fraction of sp³-hybridized carbons (Fsp3) is 0. The van der Waals surface area contributed by atoms with E-state index in [1.807, 2.05) is 0 Å². The molecule has 0 bridgehead atoms. The Labute approximate surface area is 271 Å². The van der Waals surface area contributed by atoms with Gasteiger partial charge in [-0.15, -0.1) is 0 Å². The Morgan fingerprint density at radius 2 is 0.766 bits per heavy atom. The minimum absolute atomic E-state index is 0.902. The van der Waals surface area contributed by atoms with Crippen LogP contribution >= 0.6 is 0 Å². The van der Waals surface area contributed by atoms with Crippen molar-refractivity contribution in [3.8, 4) is 33.4 Å². The molecular weight excluding hydrogens is 569 g/mol. The first-order valence-corrected chi connectivity index (χ1v) is 16.2. The van der Waals surface area contributed by atoms with E-state index in [1.165, 1.54) is 70.9 Å². The molecule has 1 heterocycles. The SMILES string of the molecule is c1ccc2c(-c3ccc4c(c3)oc3cccc(-c5c6ccccc6c(-c6cccc7ccccc67)c6ccccc56)c34)cccc2c1. The van der Waals surface area contributed by atoms with Crippen LogP contribution in [0.3, 0.4) is 0 Å². The van der Waals surface area contributed by atoms with E-state index in [2.05, 4.69) is 170 Å². The Hall–Kier alpha value is -6.18. The topological polar surface area (TPSA) is 13.1 Å². The third-order valence-corrected chi connectivity index (χ3v) is 9.86. The van der Waals surface area contributed by atoms with Crippen LogP contribution in [0.2, 0.25) is 0 Å². The molecule has 0 aliphatic carbocycles. The monoisotopic (exact) mass is 596 g/mol. The third-order valence-electron chi connectivity index (χ3n) is 9.86. The van der Waals surface area contributed by atoms with Gasteiger partial charge in [0.1, 0.15) is 11.2 Å². The van der Waals surface area contributed by atoms with Crippen LogP contribution in [-0.2, 0) is 0 Å². The molecular formula is C46H28O. The number of fused-ring (bicyclic) bond motifs is 7. The average Bonchev–Trinajstić information content (AvgIpc) is 3.52. The van der Waals surface area contributed by atoms with E-state index in [4.69, 9.17) is 4.42 Å². The zero-order chi connectivity index (χ0) is 30.9. The van der Waals surface area contributed by atoms with E-state index in [0.29, 0.717) is 0 Å². The van der Waals surface area contributed by atoms with Crippen LogP contribution in [0.1, 0.15) is 0 Å². The predicted octanol–water partition coefficient (Wildman–Crippen LogP) is 13.2. The molecule has 0 saturated carbocycles. The van der Waals surface area contributed by atoms with E-state index in [9.17, 15) is 0 Å². The molecule has 1 aromatic heterocycles. The molecule has 0 saturated heterocycles. The Kier molecular flexibility index (Phi) is 5.64. The van der Waals surface area contributed by atoms with E-state index < -0.39 is 0 Å². The fourth-order valence-corrected chi connectivity index (χ4v) is 7.83. The second kappa shape index (κ2) is 10.2. The van der Waals surface area contributed by atoms with Crippen molar-refractivity contribution < 1.29 is 4.42 Å². The summed E-state index contributed by atoms with van der Waals surface area (Å²) in [5.41, 5.74) is 9.15. The molecule has 10 aromatic rings. The zero-order valence-corrected chi connectivity index (χ0v) is 25.6. The summed E-state index contributed by atoms with van der Waals surface area (Å²) in [5.74, 6) is 0. The van der Waals surface area contributed by atoms with Crippen molar-refractivity contribution in [2.75, 3.05) is 0 Å². The molecule has 1 nitrogen and oxygen atoms in total. The van der Waals surface area contributed by atoms with Crippen molar-refractivity contribution in [1.82, 2.24) is 0 Å². The molecule has 0 fully saturated rings. The minimum atomic E-state index is 0.902. The van der Waals surface area contributed by atoms with Crippen LogP contribution in [0.15, 0.2) is 174 Å². The van der Waals surface area contributed by atoms with Gasteiger partial charge in [0.25, 0.3) is 0 Å². The first kappa shape index (κ1) is 26.1. The summed E-state index contributed by atoms with van der Waals surface area (Å²) < 4.78 is 6.65. The lowest BCUT2D eigenvalue weighted by Gasteiger charge is -2.19. The van der Waals surface area contributed by atoms with Crippen molar-refractivity contribution in [1.29, 1.82) is 0 Å². The van der Waals surface area contributed by atoms with Crippen molar-refractivity contribution in [3.05, 3.63) is 170 Å². The second-order valence-electron chi connectivity index (χ2n) is 12.4. The van der Waals surface area contributed by atoms with Gasteiger partial charge in [0.15, 0.2) is 0 Å². The van der Waals surface area contributed by atoms with Crippen molar-refractivity contribution in [3.63, 3.8) is 0 Å². The smallest absolute Gasteiger partial charge is 0.136 e. The zero-order valence-electron chi connectivity index (χ0n) is 25.6. The maximum Gasteiger partial charge on any atom is 0.136 e. The minimum Gasteiger partial charge on any atom is -0.456 e. The fourth-order valence-electron chi connectivity index (χ4n) is 7.83. The summed E-state index contributed by atoms with van der Waals surface area (Å²) >= 11 is 0. The van der Waals surface area contributed by atoms with Crippen LogP contribution < -0.4 is 0 Å². The van der Waals surface area contributed by atoms with Crippen LogP contribution in [0.5, 0.6) is 0 Å². The first-order chi connectivity index (χ1) is 23.3. The molecule has 1 heteroatoms. The second-order valence-corrected chi connectivity index (χ2v) is 12.4. The van der Waals surface area contributed by atoms with Gasteiger partial charge < -0.3 is 4.42 Å². The van der Waals surface area contributed by atoms with Gasteiger partial charge in [-0.2, -0.15) is 0 Å². The van der Waals surface area contributed by atoms with Crippen LogP contribution in [0.4, 0.5) is 0 Å². The van der Waals surface area contributed by atoms with E-state index in [1.54, 1.807) is 0 Å². The molecule has 47 heavy (non-hydrogen) atoms. The van der Waals surface area contributed by atoms with Gasteiger partial charge in [0.2, 0.25) is 0 Å². The summed E-state index contributed by atoms with van der Waals surface area (Å²) in [7, 11) is 0. The number of hydrogen-bond acceptors (Lipinski definition) is 1. The predicted molar refractivity (Wildman–Crippen MR) is 200 cm³/mol. The van der Waals surface area contributed by atoms with Crippen molar-refractivity contribution in [2.45, 2.75) is 0 Å². The Balaban J connectivity index is 1.27. The Morgan fingerprint density at radius 1 is 0.298 bits per heavy atom. The van der Waals surface area contributed by atoms with Gasteiger partial charge >= 0.3 is 0 Å². The largest absolute Gasteiger partial charge is 0.456 e. The molecule has 10 rings (SSSR count). The standard InChI is InChI=1S/C46H28O/c1-3-16-32-29(12-1)14-9-22-34(32)31-26-27-40-43(28-31)47-42-25-11-24-41(46(40)42)45-38-20-7-5-18-36(38)44(37-19-6-8-21-39(37)45)35-23-10-15-30-13-2-4-17-33(30)35/h1-28H. The van der Waals surface area contributed by atoms with E-state index >= 15 is 0 Å². The van der Waals surface area contributed by atoms with Crippen molar-refractivity contribution in [2.24, 2.45) is 0 Å². The van der Waals surface area contributed by atoms with Gasteiger partial charge in [0, 0.05) is 10.8 Å². The molecule has 0 radical (unpaired) electrons. The lowest BCUT2D eigenvalue weighted by molar-refractivity contribution is 0.669. The maximum absolute atomic E-state index is 6.65. The van der Waals surface area contributed by atoms with E-state index in [-0.39, 0.29) is 0 Å². The van der Waals surface area contributed by atoms with Crippen LogP contribution in [0.25, 0.3) is 98.4 Å². The molecule has 0 unspecified atom stereocenters. The summed E-state index contributed by atoms with van der Waals surface area (Å²) in [4.78, 5) is 0. The van der Waals surface area contributed by atoms with Crippen LogP contribution in [-0.4, -0.2) is 0 Å². The first-order valence-electron chi connectivity index (χ1n) is 16.2. The summed E-state index contributed by atoms with van der Waals surface area (Å²) in [6.45, 7) is 0. The van der Waals surface area contributed by atoms with Gasteiger partial charge in [-0.1, -0.05) is 152 Å². The quantitative estimate of drug-likeness (QED) is 0.185. The summed E-state index contributed by atoms with van der Waals surface area (Å²) in [6.07, 6.45) is 0. The number of furan rings is 1. The number of rotatable bonds is 3. The van der Waals surface area contributed by atoms with Gasteiger partial charge in [-0.05, 0) is 94.7 Å². The highest BCUT2D eigenvalue weighted by molar-refractivity contribution is 6.27. The lowest BCUT2D eigenvalue weighted by atomic mass is 9.84. The highest BCUT2D eigenvalue weighted by Gasteiger charge is 2.21. The molecule has 9 aromatic carbocycles. The number of hydrogen-bond donors (Lipinski definition) is 0. The van der Waals surface area contributed by atoms with Gasteiger partial charge in [-0.3, -0.25) is 0 Å². The highest BCUT2D eigenvalue weighted by Crippen LogP contribution is 2.48. The van der Waals surface area contributed by atoms with Gasteiger partial charge in [-0.25, -0.2) is 0 Å². The molecule has 218 valence electrons. The van der Waals surface area contributed by atoms with Crippen LogP contribution in [0, 0.1) is 0 Å². The van der Waals surface area contributed by atoms with E-state index in [0.717, 1.165) is 27.5 Å². The lowest BCUT2D eigenvalue weighted by Crippen LogP contribution is -1.92. The summed E-state index contributed by atoms with van der Waals surface area (Å²) in [6, 6.07) is 61.4. The average molecular weight is 597 g/mol. The van der Waals surface area contributed by atoms with Gasteiger partial charge in [0.05, 0.1) is 0 Å². The summed E-state index contributed by atoms with van der Waals surface area (Å²) in [5, 5.41) is 12.3. The molecule has 0 spiro atoms. The Bertz CT molecular complexity index is 2780. The number of benzene rings is 9. The maximum atomic E-state index is 6.65. The normalized spacial score (nSPS) is 11.8.